The number of H-pyrrole nitrogens is 1. The second-order valence-corrected chi connectivity index (χ2v) is 8.40. The van der Waals surface area contributed by atoms with Gasteiger partial charge in [0, 0.05) is 24.2 Å². The Morgan fingerprint density at radius 3 is 2.72 bits per heavy atom. The minimum Gasteiger partial charge on any atom is -0.453 e. The Bertz CT molecular complexity index is 1160. The number of carbonyl (C=O) groups is 1. The van der Waals surface area contributed by atoms with E-state index in [-0.39, 0.29) is 23.4 Å². The number of nitrogen functional groups attached to an aromatic ring is 1. The monoisotopic (exact) mass is 440 g/mol. The normalized spacial score (nSPS) is 12.8. The molecule has 3 rings (SSSR count). The first-order valence-electron chi connectivity index (χ1n) is 10.6. The Morgan fingerprint density at radius 2 is 2.03 bits per heavy atom. The summed E-state index contributed by atoms with van der Waals surface area (Å²) >= 11 is 0. The van der Waals surface area contributed by atoms with Gasteiger partial charge in [0.1, 0.15) is 23.0 Å². The number of aryl methyl sites for hydroxylation is 1. The number of methoxy groups -OCH3 is 1. The van der Waals surface area contributed by atoms with Gasteiger partial charge >= 0.3 is 6.09 Å². The maximum absolute atomic E-state index is 11.4. The minimum absolute atomic E-state index is 0.0681. The van der Waals surface area contributed by atoms with Crippen molar-refractivity contribution in [3.05, 3.63) is 30.0 Å². The number of ether oxygens (including phenoxy) is 1. The van der Waals surface area contributed by atoms with E-state index in [1.165, 1.54) is 7.11 Å². The number of alkyl carbamates (subject to hydrolysis) is 1. The molecule has 0 saturated carbocycles. The molecule has 3 aromatic heterocycles. The number of anilines is 2. The first-order chi connectivity index (χ1) is 15.5. The summed E-state index contributed by atoms with van der Waals surface area (Å²) in [6.45, 7) is 10.0. The highest BCUT2D eigenvalue weighted by Gasteiger charge is 2.24. The van der Waals surface area contributed by atoms with Crippen LogP contribution >= 0.6 is 0 Å². The number of carbonyl (C=O) groups excluding carboxylic acids is 1. The number of imidazole rings is 1. The zero-order chi connectivity index (χ0) is 24.3. The molecule has 0 bridgehead atoms. The van der Waals surface area contributed by atoms with E-state index in [4.69, 9.17) is 12.1 Å². The number of amides is 1. The smallest absolute Gasteiger partial charge is 0.407 e. The van der Waals surface area contributed by atoms with Crippen LogP contribution in [0, 0.1) is 6.92 Å². The summed E-state index contributed by atoms with van der Waals surface area (Å²) in [5.41, 5.74) is 7.99. The number of aromatic amines is 1. The van der Waals surface area contributed by atoms with E-state index in [0.717, 1.165) is 0 Å². The van der Waals surface area contributed by atoms with Crippen molar-refractivity contribution in [1.29, 1.82) is 0 Å². The zero-order valence-electron chi connectivity index (χ0n) is 20.1. The third kappa shape index (κ3) is 5.29. The largest absolute Gasteiger partial charge is 0.453 e. The fourth-order valence-electron chi connectivity index (χ4n) is 2.77. The fraction of sp³-hybridized carbons (Fsp3) is 0.429. The Hall–Kier alpha value is -3.76. The molecule has 0 radical (unpaired) electrons. The van der Waals surface area contributed by atoms with Crippen LogP contribution in [-0.4, -0.2) is 55.7 Å². The molecule has 32 heavy (non-hydrogen) atoms. The molecular weight excluding hydrogens is 410 g/mol. The van der Waals surface area contributed by atoms with E-state index in [1.807, 2.05) is 27.7 Å². The van der Waals surface area contributed by atoms with Gasteiger partial charge in [-0.25, -0.2) is 29.7 Å². The van der Waals surface area contributed by atoms with Gasteiger partial charge < -0.3 is 26.1 Å². The summed E-state index contributed by atoms with van der Waals surface area (Å²) < 4.78 is 12.9. The van der Waals surface area contributed by atoms with Crippen molar-refractivity contribution < 1.29 is 10.9 Å². The van der Waals surface area contributed by atoms with E-state index < -0.39 is 6.09 Å². The van der Waals surface area contributed by atoms with Crippen molar-refractivity contribution in [1.82, 2.24) is 35.2 Å². The van der Waals surface area contributed by atoms with Gasteiger partial charge in [-0.2, -0.15) is 0 Å². The first kappa shape index (κ1) is 21.5. The second-order valence-electron chi connectivity index (χ2n) is 8.40. The number of hydrogen-bond acceptors (Lipinski definition) is 9. The molecule has 0 fully saturated rings. The van der Waals surface area contributed by atoms with E-state index in [1.54, 1.807) is 19.2 Å². The molecule has 0 aliphatic rings. The van der Waals surface area contributed by atoms with E-state index in [9.17, 15) is 4.79 Å². The third-order valence-corrected chi connectivity index (χ3v) is 4.60. The molecule has 5 N–H and O–H groups in total. The van der Waals surface area contributed by atoms with Crippen LogP contribution < -0.4 is 16.4 Å². The number of nitrogens with two attached hydrogens (primary N) is 1. The van der Waals surface area contributed by atoms with Crippen LogP contribution in [0.4, 0.5) is 16.6 Å². The lowest BCUT2D eigenvalue weighted by Crippen LogP contribution is -2.37. The highest BCUT2D eigenvalue weighted by molar-refractivity contribution is 5.75. The molecule has 0 aliphatic carbocycles. The van der Waals surface area contributed by atoms with Crippen LogP contribution in [0.2, 0.25) is 0 Å². The van der Waals surface area contributed by atoms with Crippen molar-refractivity contribution in [2.75, 3.05) is 24.7 Å². The Labute approximate surface area is 188 Å². The van der Waals surface area contributed by atoms with E-state index >= 15 is 0 Å². The van der Waals surface area contributed by atoms with Gasteiger partial charge in [-0.15, -0.1) is 0 Å². The topological polar surface area (TPSA) is 157 Å². The maximum atomic E-state index is 11.4. The average molecular weight is 441 g/mol. The van der Waals surface area contributed by atoms with Crippen molar-refractivity contribution >= 4 is 17.9 Å². The van der Waals surface area contributed by atoms with Gasteiger partial charge in [0.2, 0.25) is 5.95 Å². The van der Waals surface area contributed by atoms with Gasteiger partial charge in [0.05, 0.1) is 31.7 Å². The molecule has 3 aromatic rings. The predicted molar refractivity (Wildman–Crippen MR) is 122 cm³/mol. The zero-order valence-corrected chi connectivity index (χ0v) is 19.1. The summed E-state index contributed by atoms with van der Waals surface area (Å²) in [7, 11) is 1.31. The Morgan fingerprint density at radius 1 is 1.28 bits per heavy atom. The highest BCUT2D eigenvalue weighted by Crippen LogP contribution is 2.32. The van der Waals surface area contributed by atoms with Crippen LogP contribution in [0.25, 0.3) is 22.8 Å². The van der Waals surface area contributed by atoms with Crippen LogP contribution in [0.5, 0.6) is 0 Å². The molecule has 0 aliphatic heterocycles. The number of hydrogen-bond donors (Lipinski definition) is 4. The summed E-state index contributed by atoms with van der Waals surface area (Å²) in [5, 5.41) is 5.77. The highest BCUT2D eigenvalue weighted by atomic mass is 16.5. The number of rotatable bonds is 6. The lowest BCUT2D eigenvalue weighted by atomic mass is 9.96. The molecule has 11 nitrogen and oxygen atoms in total. The third-order valence-electron chi connectivity index (χ3n) is 4.60. The molecule has 0 unspecified atom stereocenters. The molecule has 0 spiro atoms. The molecule has 3 heterocycles. The number of aromatic nitrogens is 6. The molecule has 0 aromatic carbocycles. The van der Waals surface area contributed by atoms with E-state index in [2.05, 4.69) is 40.3 Å². The van der Waals surface area contributed by atoms with E-state index in [0.29, 0.717) is 46.8 Å². The standard InChI is InChI=1S/C21H29N9O2/c1-11(26-20(31)32-6)9-25-19-23-8-7-13(28-19)15-16(30-18(29-15)21(3,4)5)14-10-24-17(22)12(2)27-14/h7-8,10-11H,9H2,1-6H3,(H2,22,24)(H,26,31)(H,29,30)(H,23,25,28)/t11-/m0/s1/i10D. The molecular formula is C21H29N9O2. The van der Waals surface area contributed by atoms with Crippen LogP contribution in [-0.2, 0) is 10.2 Å². The molecule has 1 amide bonds. The average Bonchev–Trinajstić information content (AvgIpc) is 3.21. The van der Waals surface area contributed by atoms with Crippen molar-refractivity contribution in [2.45, 2.75) is 46.1 Å². The Balaban J connectivity index is 1.99. The lowest BCUT2D eigenvalue weighted by Gasteiger charge is -2.14. The molecule has 0 saturated heterocycles. The number of nitrogens with zero attached hydrogens (tertiary/aromatic N) is 5. The molecule has 170 valence electrons. The summed E-state index contributed by atoms with van der Waals surface area (Å²) in [6, 6.07) is 1.53. The van der Waals surface area contributed by atoms with Crippen LogP contribution in [0.3, 0.4) is 0 Å². The van der Waals surface area contributed by atoms with Crippen molar-refractivity contribution in [3.8, 4) is 22.8 Å². The van der Waals surface area contributed by atoms with Crippen molar-refractivity contribution in [3.63, 3.8) is 0 Å². The minimum atomic E-state index is -0.512. The van der Waals surface area contributed by atoms with Gasteiger partial charge in [-0.3, -0.25) is 0 Å². The summed E-state index contributed by atoms with van der Waals surface area (Å²) in [6.07, 6.45) is 1.04. The second kappa shape index (κ2) is 9.16. The lowest BCUT2D eigenvalue weighted by molar-refractivity contribution is 0.168. The SMILES string of the molecule is [2H]c1nc(N)c(C)nc1-c1nc(C(C)(C)C)[nH]c1-c1ccnc(NC[C@H](C)NC(=O)OC)n1. The van der Waals surface area contributed by atoms with Crippen molar-refractivity contribution in [2.24, 2.45) is 0 Å². The number of nitrogens with one attached hydrogen (secondary N) is 3. The van der Waals surface area contributed by atoms with Gasteiger partial charge in [-0.05, 0) is 19.9 Å². The summed E-state index contributed by atoms with van der Waals surface area (Å²) in [4.78, 5) is 36.9. The maximum Gasteiger partial charge on any atom is 0.407 e. The quantitative estimate of drug-likeness (QED) is 0.452. The molecule has 1 atom stereocenters. The summed E-state index contributed by atoms with van der Waals surface area (Å²) in [5.74, 6) is 1.29. The van der Waals surface area contributed by atoms with Crippen LogP contribution in [0.1, 0.15) is 40.6 Å². The van der Waals surface area contributed by atoms with Gasteiger partial charge in [-0.1, -0.05) is 20.8 Å². The fourth-order valence-corrected chi connectivity index (χ4v) is 2.77. The molecule has 11 heteroatoms. The first-order valence-corrected chi connectivity index (χ1v) is 10.1. The van der Waals surface area contributed by atoms with Gasteiger partial charge in [0.15, 0.2) is 0 Å². The predicted octanol–water partition coefficient (Wildman–Crippen LogP) is 2.67. The van der Waals surface area contributed by atoms with Crippen LogP contribution in [0.15, 0.2) is 18.4 Å². The van der Waals surface area contributed by atoms with Gasteiger partial charge in [0.25, 0.3) is 0 Å². The Kier molecular flexibility index (Phi) is 6.15.